The molecule has 0 bridgehead atoms. The highest BCUT2D eigenvalue weighted by Gasteiger charge is 1.92. The summed E-state index contributed by atoms with van der Waals surface area (Å²) < 4.78 is 0. The van der Waals surface area contributed by atoms with Gasteiger partial charge in [0.25, 0.3) is 0 Å². The van der Waals surface area contributed by atoms with Crippen LogP contribution in [0.15, 0.2) is 46.9 Å². The van der Waals surface area contributed by atoms with Gasteiger partial charge in [-0.1, -0.05) is 23.8 Å². The molecule has 68 valence electrons. The zero-order valence-electron chi connectivity index (χ0n) is 7.57. The molecule has 0 aromatic heterocycles. The van der Waals surface area contributed by atoms with Crippen molar-refractivity contribution in [2.75, 3.05) is 5.75 Å². The minimum absolute atomic E-state index is 0.834. The monoisotopic (exact) mass is 192 g/mol. The van der Waals surface area contributed by atoms with Gasteiger partial charge in [0.2, 0.25) is 0 Å². The van der Waals surface area contributed by atoms with E-state index in [1.54, 1.807) is 17.8 Å². The average molecular weight is 192 g/mol. The number of hydrogen-bond donors (Lipinski definition) is 0. The molecule has 0 aliphatic carbocycles. The van der Waals surface area contributed by atoms with Gasteiger partial charge >= 0.3 is 0 Å². The van der Waals surface area contributed by atoms with Gasteiger partial charge in [-0.15, -0.1) is 11.8 Å². The second kappa shape index (κ2) is 5.60. The molecule has 0 heterocycles. The van der Waals surface area contributed by atoms with E-state index in [2.05, 4.69) is 12.1 Å². The topological polar surface area (TPSA) is 17.1 Å². The van der Waals surface area contributed by atoms with Crippen LogP contribution in [0.2, 0.25) is 0 Å². The molecule has 0 aliphatic heterocycles. The predicted octanol–water partition coefficient (Wildman–Crippen LogP) is 2.92. The molecule has 1 nitrogen and oxygen atoms in total. The van der Waals surface area contributed by atoms with Gasteiger partial charge in [0.05, 0.1) is 0 Å². The van der Waals surface area contributed by atoms with Gasteiger partial charge < -0.3 is 0 Å². The first kappa shape index (κ1) is 10.1. The van der Waals surface area contributed by atoms with Crippen LogP contribution in [0.1, 0.15) is 6.92 Å². The zero-order chi connectivity index (χ0) is 9.52. The average Bonchev–Trinajstić information content (AvgIpc) is 2.17. The van der Waals surface area contributed by atoms with E-state index >= 15 is 0 Å². The maximum atomic E-state index is 10.1. The molecule has 13 heavy (non-hydrogen) atoms. The zero-order valence-corrected chi connectivity index (χ0v) is 8.38. The van der Waals surface area contributed by atoms with Gasteiger partial charge in [-0.25, -0.2) is 0 Å². The van der Waals surface area contributed by atoms with Gasteiger partial charge in [-0.05, 0) is 25.1 Å². The van der Waals surface area contributed by atoms with E-state index in [4.69, 9.17) is 0 Å². The summed E-state index contributed by atoms with van der Waals surface area (Å²) in [7, 11) is 0. The molecule has 1 rings (SSSR count). The third-order valence-electron chi connectivity index (χ3n) is 1.56. The Kier molecular flexibility index (Phi) is 4.33. The van der Waals surface area contributed by atoms with Crippen LogP contribution in [0.3, 0.4) is 0 Å². The summed E-state index contributed by atoms with van der Waals surface area (Å²) in [5.74, 6) is 0.878. The van der Waals surface area contributed by atoms with Crippen molar-refractivity contribution in [3.63, 3.8) is 0 Å². The van der Waals surface area contributed by atoms with E-state index in [9.17, 15) is 4.79 Å². The second-order valence-electron chi connectivity index (χ2n) is 2.75. The van der Waals surface area contributed by atoms with Crippen LogP contribution in [-0.4, -0.2) is 12.0 Å². The Morgan fingerprint density at radius 2 is 2.08 bits per heavy atom. The van der Waals surface area contributed by atoms with Crippen LogP contribution in [0.5, 0.6) is 0 Å². The van der Waals surface area contributed by atoms with E-state index in [-0.39, 0.29) is 0 Å². The van der Waals surface area contributed by atoms with Gasteiger partial charge in [0, 0.05) is 10.6 Å². The molecule has 0 saturated carbocycles. The molecular weight excluding hydrogens is 180 g/mol. The van der Waals surface area contributed by atoms with E-state index in [0.29, 0.717) is 0 Å². The van der Waals surface area contributed by atoms with Crippen molar-refractivity contribution in [2.45, 2.75) is 11.8 Å². The SMILES string of the molecule is C/C(=C\C=O)CSc1ccccc1. The Morgan fingerprint density at radius 3 is 2.69 bits per heavy atom. The molecule has 0 unspecified atom stereocenters. The van der Waals surface area contributed by atoms with Crippen molar-refractivity contribution in [1.82, 2.24) is 0 Å². The van der Waals surface area contributed by atoms with E-state index in [1.807, 2.05) is 25.1 Å². The van der Waals surface area contributed by atoms with Crippen LogP contribution >= 0.6 is 11.8 Å². The summed E-state index contributed by atoms with van der Waals surface area (Å²) in [6.45, 7) is 1.96. The third-order valence-corrected chi connectivity index (χ3v) is 2.77. The summed E-state index contributed by atoms with van der Waals surface area (Å²) in [5.41, 5.74) is 1.10. The molecule has 0 N–H and O–H groups in total. The van der Waals surface area contributed by atoms with Crippen LogP contribution in [0.4, 0.5) is 0 Å². The Labute approximate surface area is 82.9 Å². The van der Waals surface area contributed by atoms with Crippen LogP contribution < -0.4 is 0 Å². The fourth-order valence-corrected chi connectivity index (χ4v) is 1.72. The van der Waals surface area contributed by atoms with E-state index in [1.165, 1.54) is 4.90 Å². The number of rotatable bonds is 4. The second-order valence-corrected chi connectivity index (χ2v) is 3.80. The first-order valence-electron chi connectivity index (χ1n) is 4.11. The van der Waals surface area contributed by atoms with Gasteiger partial charge in [-0.3, -0.25) is 4.79 Å². The number of aldehydes is 1. The molecule has 0 amide bonds. The molecule has 0 radical (unpaired) electrons. The Balaban J connectivity index is 2.44. The van der Waals surface area contributed by atoms with Crippen LogP contribution in [0.25, 0.3) is 0 Å². The van der Waals surface area contributed by atoms with Crippen molar-refractivity contribution in [3.8, 4) is 0 Å². The normalized spacial score (nSPS) is 11.3. The Bertz CT molecular complexity index is 290. The molecule has 0 aliphatic rings. The molecule has 1 aromatic carbocycles. The standard InChI is InChI=1S/C11H12OS/c1-10(7-8-12)9-13-11-5-3-2-4-6-11/h2-8H,9H2,1H3/b10-7+. The van der Waals surface area contributed by atoms with Crippen LogP contribution in [-0.2, 0) is 4.79 Å². The largest absolute Gasteiger partial charge is 0.299 e. The summed E-state index contributed by atoms with van der Waals surface area (Å²) >= 11 is 1.74. The lowest BCUT2D eigenvalue weighted by Crippen LogP contribution is -1.82. The lowest BCUT2D eigenvalue weighted by Gasteiger charge is -1.99. The lowest BCUT2D eigenvalue weighted by molar-refractivity contribution is -0.104. The van der Waals surface area contributed by atoms with Gasteiger partial charge in [-0.2, -0.15) is 0 Å². The first-order chi connectivity index (χ1) is 6.33. The van der Waals surface area contributed by atoms with Gasteiger partial charge in [0.15, 0.2) is 0 Å². The van der Waals surface area contributed by atoms with Crippen molar-refractivity contribution in [3.05, 3.63) is 42.0 Å². The smallest absolute Gasteiger partial charge is 0.142 e. The maximum Gasteiger partial charge on any atom is 0.142 e. The van der Waals surface area contributed by atoms with Crippen molar-refractivity contribution < 1.29 is 4.79 Å². The number of hydrogen-bond acceptors (Lipinski definition) is 2. The van der Waals surface area contributed by atoms with Crippen molar-refractivity contribution in [1.29, 1.82) is 0 Å². The fourth-order valence-electron chi connectivity index (χ4n) is 0.878. The number of allylic oxidation sites excluding steroid dienone is 1. The summed E-state index contributed by atoms with van der Waals surface area (Å²) in [5, 5.41) is 0. The molecule has 0 saturated heterocycles. The Morgan fingerprint density at radius 1 is 1.38 bits per heavy atom. The van der Waals surface area contributed by atoms with E-state index in [0.717, 1.165) is 17.6 Å². The quantitative estimate of drug-likeness (QED) is 0.414. The molecule has 1 aromatic rings. The number of benzene rings is 1. The highest BCUT2D eigenvalue weighted by atomic mass is 32.2. The summed E-state index contributed by atoms with van der Waals surface area (Å²) in [4.78, 5) is 11.4. The number of thioether (sulfide) groups is 1. The Hall–Kier alpha value is -1.02. The fraction of sp³-hybridized carbons (Fsp3) is 0.182. The number of carbonyl (C=O) groups excluding carboxylic acids is 1. The highest BCUT2D eigenvalue weighted by molar-refractivity contribution is 7.99. The molecule has 2 heteroatoms. The minimum atomic E-state index is 0.834. The summed E-state index contributed by atoms with van der Waals surface area (Å²) in [6, 6.07) is 10.2. The number of carbonyl (C=O) groups is 1. The predicted molar refractivity (Wildman–Crippen MR) is 57.0 cm³/mol. The van der Waals surface area contributed by atoms with Gasteiger partial charge in [0.1, 0.15) is 6.29 Å². The lowest BCUT2D eigenvalue weighted by atomic mass is 10.3. The molecule has 0 atom stereocenters. The molecule has 0 fully saturated rings. The summed E-state index contributed by atoms with van der Waals surface area (Å²) in [6.07, 6.45) is 2.44. The minimum Gasteiger partial charge on any atom is -0.299 e. The van der Waals surface area contributed by atoms with Crippen LogP contribution in [0, 0.1) is 0 Å². The van der Waals surface area contributed by atoms with Crippen molar-refractivity contribution in [2.24, 2.45) is 0 Å². The third kappa shape index (κ3) is 3.95. The first-order valence-corrected chi connectivity index (χ1v) is 5.10. The maximum absolute atomic E-state index is 10.1. The highest BCUT2D eigenvalue weighted by Crippen LogP contribution is 2.19. The van der Waals surface area contributed by atoms with Crippen molar-refractivity contribution >= 4 is 18.0 Å². The molecular formula is C11H12OS. The van der Waals surface area contributed by atoms with E-state index < -0.39 is 0 Å². The molecule has 0 spiro atoms.